The van der Waals surface area contributed by atoms with Gasteiger partial charge in [0.2, 0.25) is 15.3 Å². The van der Waals surface area contributed by atoms with E-state index < -0.39 is 20.7 Å². The quantitative estimate of drug-likeness (QED) is 0.708. The van der Waals surface area contributed by atoms with Crippen LogP contribution in [-0.2, 0) is 14.8 Å². The predicted octanol–water partition coefficient (Wildman–Crippen LogP) is 1.20. The first-order valence-corrected chi connectivity index (χ1v) is 6.92. The first-order valence-electron chi connectivity index (χ1n) is 4.93. The topological polar surface area (TPSA) is 54.5 Å². The predicted molar refractivity (Wildman–Crippen MR) is 59.2 cm³/mol. The maximum Gasteiger partial charge on any atom is 0.228 e. The van der Waals surface area contributed by atoms with Crippen LogP contribution in [0, 0.1) is 5.41 Å². The third kappa shape index (κ3) is 3.16. The zero-order chi connectivity index (χ0) is 11.7. The van der Waals surface area contributed by atoms with Crippen LogP contribution >= 0.6 is 11.6 Å². The van der Waals surface area contributed by atoms with Gasteiger partial charge in [-0.15, -0.1) is 0 Å². The molecule has 0 spiro atoms. The van der Waals surface area contributed by atoms with Crippen molar-refractivity contribution in [2.75, 3.05) is 18.8 Å². The van der Waals surface area contributed by atoms with Gasteiger partial charge >= 0.3 is 0 Å². The largest absolute Gasteiger partial charge is 0.281 e. The highest BCUT2D eigenvalue weighted by Gasteiger charge is 2.36. The van der Waals surface area contributed by atoms with Gasteiger partial charge in [0, 0.05) is 13.1 Å². The highest BCUT2D eigenvalue weighted by molar-refractivity contribution is 7.89. The summed E-state index contributed by atoms with van der Waals surface area (Å²) in [7, 11) is -3.33. The van der Waals surface area contributed by atoms with Gasteiger partial charge < -0.3 is 0 Å². The SMILES string of the molecule is CC(C)(CS(=O)(=O)N1CCCC1)C(=O)Cl. The molecule has 1 rings (SSSR count). The minimum atomic E-state index is -3.33. The lowest BCUT2D eigenvalue weighted by Crippen LogP contribution is -2.38. The molecular weight excluding hydrogens is 238 g/mol. The molecule has 0 aromatic heterocycles. The second-order valence-electron chi connectivity index (χ2n) is 4.52. The van der Waals surface area contributed by atoms with Crippen molar-refractivity contribution in [1.29, 1.82) is 0 Å². The van der Waals surface area contributed by atoms with Crippen LogP contribution in [0.25, 0.3) is 0 Å². The van der Waals surface area contributed by atoms with Crippen LogP contribution in [-0.4, -0.2) is 36.8 Å². The first kappa shape index (κ1) is 12.9. The lowest BCUT2D eigenvalue weighted by molar-refractivity contribution is -0.118. The number of halogens is 1. The van der Waals surface area contributed by atoms with Crippen LogP contribution in [0.2, 0.25) is 0 Å². The van der Waals surface area contributed by atoms with E-state index in [1.54, 1.807) is 13.8 Å². The van der Waals surface area contributed by atoms with Crippen LogP contribution < -0.4 is 0 Å². The number of rotatable bonds is 4. The van der Waals surface area contributed by atoms with Gasteiger partial charge in [-0.1, -0.05) is 13.8 Å². The molecule has 0 radical (unpaired) electrons. The van der Waals surface area contributed by atoms with Crippen molar-refractivity contribution < 1.29 is 13.2 Å². The standard InChI is InChI=1S/C9H16ClNO3S/c1-9(2,8(10)12)7-15(13,14)11-5-3-4-6-11/h3-7H2,1-2H3. The van der Waals surface area contributed by atoms with Crippen molar-refractivity contribution >= 4 is 26.9 Å². The molecule has 1 heterocycles. The molecule has 0 amide bonds. The van der Waals surface area contributed by atoms with E-state index in [-0.39, 0.29) is 5.75 Å². The lowest BCUT2D eigenvalue weighted by atomic mass is 9.99. The molecule has 4 nitrogen and oxygen atoms in total. The van der Waals surface area contributed by atoms with E-state index in [0.717, 1.165) is 12.8 Å². The average Bonchev–Trinajstić information content (AvgIpc) is 2.53. The smallest absolute Gasteiger partial charge is 0.228 e. The minimum Gasteiger partial charge on any atom is -0.281 e. The third-order valence-electron chi connectivity index (χ3n) is 2.53. The molecular formula is C9H16ClNO3S. The number of carbonyl (C=O) groups excluding carboxylic acids is 1. The molecule has 1 saturated heterocycles. The Hall–Kier alpha value is -0.130. The summed E-state index contributed by atoms with van der Waals surface area (Å²) < 4.78 is 25.2. The van der Waals surface area contributed by atoms with Gasteiger partial charge in [0.1, 0.15) is 0 Å². The number of carbonyl (C=O) groups is 1. The Balaban J connectivity index is 2.76. The fourth-order valence-electron chi connectivity index (χ4n) is 1.57. The molecule has 1 aliphatic rings. The molecule has 0 aromatic carbocycles. The van der Waals surface area contributed by atoms with Crippen LogP contribution in [0.5, 0.6) is 0 Å². The molecule has 88 valence electrons. The molecule has 0 saturated carbocycles. The van der Waals surface area contributed by atoms with Crippen molar-refractivity contribution in [1.82, 2.24) is 4.31 Å². The van der Waals surface area contributed by atoms with E-state index in [9.17, 15) is 13.2 Å². The van der Waals surface area contributed by atoms with Gasteiger partial charge in [0.05, 0.1) is 11.2 Å². The molecule has 0 aliphatic carbocycles. The average molecular weight is 254 g/mol. The summed E-state index contributed by atoms with van der Waals surface area (Å²) in [5.74, 6) is -0.206. The van der Waals surface area contributed by atoms with Gasteiger partial charge in [0.25, 0.3) is 0 Å². The van der Waals surface area contributed by atoms with Gasteiger partial charge in [-0.05, 0) is 24.4 Å². The Kier molecular flexibility index (Phi) is 3.79. The van der Waals surface area contributed by atoms with Gasteiger partial charge in [-0.2, -0.15) is 0 Å². The Morgan fingerprint density at radius 2 is 1.80 bits per heavy atom. The monoisotopic (exact) mass is 253 g/mol. The molecule has 0 bridgehead atoms. The summed E-state index contributed by atoms with van der Waals surface area (Å²) in [6.45, 7) is 4.23. The molecule has 1 fully saturated rings. The summed E-state index contributed by atoms with van der Waals surface area (Å²) in [4.78, 5) is 11.0. The summed E-state index contributed by atoms with van der Waals surface area (Å²) in [5, 5.41) is -0.606. The van der Waals surface area contributed by atoms with Crippen molar-refractivity contribution in [2.24, 2.45) is 5.41 Å². The zero-order valence-corrected chi connectivity index (χ0v) is 10.6. The summed E-state index contributed by atoms with van der Waals surface area (Å²) in [6, 6.07) is 0. The molecule has 0 aromatic rings. The molecule has 0 atom stereocenters. The Morgan fingerprint density at radius 1 is 1.33 bits per heavy atom. The van der Waals surface area contributed by atoms with E-state index in [1.165, 1.54) is 4.31 Å². The normalized spacial score (nSPS) is 19.4. The van der Waals surface area contributed by atoms with Crippen molar-refractivity contribution in [2.45, 2.75) is 26.7 Å². The number of hydrogen-bond acceptors (Lipinski definition) is 3. The summed E-state index contributed by atoms with van der Waals surface area (Å²) >= 11 is 5.36. The van der Waals surface area contributed by atoms with Crippen LogP contribution in [0.3, 0.4) is 0 Å². The van der Waals surface area contributed by atoms with E-state index in [2.05, 4.69) is 0 Å². The first-order chi connectivity index (χ1) is 6.76. The Morgan fingerprint density at radius 3 is 2.20 bits per heavy atom. The number of sulfonamides is 1. The zero-order valence-electron chi connectivity index (χ0n) is 8.99. The van der Waals surface area contributed by atoms with Gasteiger partial charge in [-0.25, -0.2) is 12.7 Å². The van der Waals surface area contributed by atoms with Crippen molar-refractivity contribution in [3.05, 3.63) is 0 Å². The second-order valence-corrected chi connectivity index (χ2v) is 6.83. The Labute approximate surface area is 95.6 Å². The molecule has 1 aliphatic heterocycles. The van der Waals surface area contributed by atoms with E-state index in [0.29, 0.717) is 13.1 Å². The fraction of sp³-hybridized carbons (Fsp3) is 0.889. The highest BCUT2D eigenvalue weighted by atomic mass is 35.5. The van der Waals surface area contributed by atoms with Crippen LogP contribution in [0.1, 0.15) is 26.7 Å². The summed E-state index contributed by atoms with van der Waals surface area (Å²) in [5.41, 5.74) is -1.01. The maximum absolute atomic E-state index is 11.9. The maximum atomic E-state index is 11.9. The van der Waals surface area contributed by atoms with Gasteiger partial charge in [-0.3, -0.25) is 4.79 Å². The molecule has 6 heteroatoms. The highest BCUT2D eigenvalue weighted by Crippen LogP contribution is 2.24. The summed E-state index contributed by atoms with van der Waals surface area (Å²) in [6.07, 6.45) is 1.79. The van der Waals surface area contributed by atoms with E-state index in [1.807, 2.05) is 0 Å². The fourth-order valence-corrected chi connectivity index (χ4v) is 3.76. The van der Waals surface area contributed by atoms with E-state index in [4.69, 9.17) is 11.6 Å². The number of hydrogen-bond donors (Lipinski definition) is 0. The van der Waals surface area contributed by atoms with Crippen molar-refractivity contribution in [3.63, 3.8) is 0 Å². The van der Waals surface area contributed by atoms with E-state index >= 15 is 0 Å². The van der Waals surface area contributed by atoms with Crippen LogP contribution in [0.4, 0.5) is 0 Å². The van der Waals surface area contributed by atoms with Crippen LogP contribution in [0.15, 0.2) is 0 Å². The lowest BCUT2D eigenvalue weighted by Gasteiger charge is -2.23. The molecule has 15 heavy (non-hydrogen) atoms. The minimum absolute atomic E-state index is 0.206. The van der Waals surface area contributed by atoms with Crippen molar-refractivity contribution in [3.8, 4) is 0 Å². The molecule has 0 N–H and O–H groups in total. The third-order valence-corrected chi connectivity index (χ3v) is 5.28. The number of nitrogens with zero attached hydrogens (tertiary/aromatic N) is 1. The molecule has 0 unspecified atom stereocenters. The van der Waals surface area contributed by atoms with Gasteiger partial charge in [0.15, 0.2) is 0 Å². The Bertz CT molecular complexity index is 344. The second kappa shape index (κ2) is 4.39.